The number of nitro groups is 1. The lowest BCUT2D eigenvalue weighted by Gasteiger charge is -2.25. The number of hydrogen-bond donors (Lipinski definition) is 2. The van der Waals surface area contributed by atoms with Gasteiger partial charge in [-0.25, -0.2) is 14.3 Å². The van der Waals surface area contributed by atoms with Crippen LogP contribution >= 0.6 is 0 Å². The molecule has 2 amide bonds. The third-order valence-electron chi connectivity index (χ3n) is 5.08. The van der Waals surface area contributed by atoms with Gasteiger partial charge in [-0.05, 0) is 51.4 Å². The Bertz CT molecular complexity index is 856. The SMILES string of the molecule is Cc1ncc([N+](=O)[O-])n1CCNC(=O)[C@H](CC(=O)OC1CCCCC1)NC(=O)OC(C)(C)C. The van der Waals surface area contributed by atoms with Gasteiger partial charge in [0.1, 0.15) is 30.5 Å². The molecule has 0 bridgehead atoms. The molecular formula is C21H33N5O7. The molecule has 1 heterocycles. The van der Waals surface area contributed by atoms with Gasteiger partial charge in [0.15, 0.2) is 5.82 Å². The molecule has 0 aliphatic heterocycles. The first-order valence-electron chi connectivity index (χ1n) is 11.1. The van der Waals surface area contributed by atoms with E-state index in [1.165, 1.54) is 4.57 Å². The molecule has 1 fully saturated rings. The molecule has 0 spiro atoms. The van der Waals surface area contributed by atoms with Crippen LogP contribution in [0, 0.1) is 17.0 Å². The summed E-state index contributed by atoms with van der Waals surface area (Å²) in [5, 5.41) is 16.1. The number of imidazole rings is 1. The third kappa shape index (κ3) is 8.70. The molecule has 0 radical (unpaired) electrons. The van der Waals surface area contributed by atoms with E-state index in [9.17, 15) is 24.5 Å². The van der Waals surface area contributed by atoms with E-state index in [4.69, 9.17) is 9.47 Å². The maximum Gasteiger partial charge on any atom is 0.408 e. The zero-order valence-corrected chi connectivity index (χ0v) is 19.6. The third-order valence-corrected chi connectivity index (χ3v) is 5.08. The van der Waals surface area contributed by atoms with Crippen LogP contribution in [0.4, 0.5) is 10.6 Å². The van der Waals surface area contributed by atoms with Crippen molar-refractivity contribution in [2.24, 2.45) is 0 Å². The molecule has 184 valence electrons. The summed E-state index contributed by atoms with van der Waals surface area (Å²) in [5.41, 5.74) is -0.786. The monoisotopic (exact) mass is 467 g/mol. The van der Waals surface area contributed by atoms with Crippen LogP contribution in [0.25, 0.3) is 0 Å². The molecule has 0 aromatic carbocycles. The van der Waals surface area contributed by atoms with Gasteiger partial charge in [-0.15, -0.1) is 0 Å². The number of hydrogen-bond acceptors (Lipinski definition) is 8. The van der Waals surface area contributed by atoms with Crippen molar-refractivity contribution in [3.63, 3.8) is 0 Å². The van der Waals surface area contributed by atoms with Crippen molar-refractivity contribution in [3.05, 3.63) is 22.1 Å². The van der Waals surface area contributed by atoms with Crippen molar-refractivity contribution in [3.8, 4) is 0 Å². The van der Waals surface area contributed by atoms with E-state index in [1.807, 2.05) is 0 Å². The van der Waals surface area contributed by atoms with E-state index in [2.05, 4.69) is 15.6 Å². The molecule has 1 aromatic heterocycles. The first-order chi connectivity index (χ1) is 15.5. The number of rotatable bonds is 9. The van der Waals surface area contributed by atoms with Crippen LogP contribution in [0.3, 0.4) is 0 Å². The average Bonchev–Trinajstić information content (AvgIpc) is 3.07. The standard InChI is InChI=1S/C21H33N5O7/c1-14-23-13-17(26(30)31)25(14)11-10-22-19(28)16(24-20(29)33-21(2,3)4)12-18(27)32-15-8-6-5-7-9-15/h13,15-16H,5-12H2,1-4H3,(H,22,28)(H,24,29)/t16-/m0/s1. The van der Waals surface area contributed by atoms with E-state index in [0.717, 1.165) is 38.3 Å². The molecule has 1 atom stereocenters. The Hall–Kier alpha value is -3.18. The summed E-state index contributed by atoms with van der Waals surface area (Å²) in [6.45, 7) is 6.78. The number of amides is 2. The van der Waals surface area contributed by atoms with Crippen LogP contribution in [0.15, 0.2) is 6.20 Å². The molecule has 1 saturated carbocycles. The zero-order valence-electron chi connectivity index (χ0n) is 19.6. The molecule has 2 rings (SSSR count). The van der Waals surface area contributed by atoms with Gasteiger partial charge in [0.2, 0.25) is 5.91 Å². The highest BCUT2D eigenvalue weighted by Gasteiger charge is 2.29. The Labute approximate surface area is 192 Å². The van der Waals surface area contributed by atoms with Crippen molar-refractivity contribution in [1.29, 1.82) is 0 Å². The van der Waals surface area contributed by atoms with Crippen LogP contribution in [0.2, 0.25) is 0 Å². The second-order valence-electron chi connectivity index (χ2n) is 9.02. The predicted octanol–water partition coefficient (Wildman–Crippen LogP) is 2.38. The molecule has 2 N–H and O–H groups in total. The number of esters is 1. The topological polar surface area (TPSA) is 155 Å². The van der Waals surface area contributed by atoms with Crippen LogP contribution < -0.4 is 10.6 Å². The fraction of sp³-hybridized carbons (Fsp3) is 0.714. The number of nitrogens with zero attached hydrogens (tertiary/aromatic N) is 3. The van der Waals surface area contributed by atoms with Crippen LogP contribution in [-0.2, 0) is 25.6 Å². The second-order valence-corrected chi connectivity index (χ2v) is 9.02. The second kappa shape index (κ2) is 11.6. The highest BCUT2D eigenvalue weighted by Crippen LogP contribution is 2.21. The number of aromatic nitrogens is 2. The summed E-state index contributed by atoms with van der Waals surface area (Å²) in [6, 6.07) is -1.21. The summed E-state index contributed by atoms with van der Waals surface area (Å²) in [6.07, 6.45) is 4.41. The van der Waals surface area contributed by atoms with Gasteiger partial charge in [0.05, 0.1) is 13.0 Å². The summed E-state index contributed by atoms with van der Waals surface area (Å²) >= 11 is 0. The molecule has 1 aliphatic carbocycles. The van der Waals surface area contributed by atoms with Gasteiger partial charge in [-0.3, -0.25) is 9.59 Å². The molecular weight excluding hydrogens is 434 g/mol. The van der Waals surface area contributed by atoms with E-state index >= 15 is 0 Å². The lowest BCUT2D eigenvalue weighted by atomic mass is 9.98. The number of ether oxygens (including phenoxy) is 2. The number of carbonyl (C=O) groups excluding carboxylic acids is 3. The zero-order chi connectivity index (χ0) is 24.6. The van der Waals surface area contributed by atoms with Gasteiger partial charge in [0.25, 0.3) is 0 Å². The first kappa shape index (κ1) is 26.1. The van der Waals surface area contributed by atoms with Crippen molar-refractivity contribution in [1.82, 2.24) is 20.2 Å². The number of nitrogens with one attached hydrogen (secondary N) is 2. The summed E-state index contributed by atoms with van der Waals surface area (Å²) in [4.78, 5) is 51.9. The van der Waals surface area contributed by atoms with Crippen molar-refractivity contribution < 1.29 is 28.8 Å². The minimum absolute atomic E-state index is 0.0288. The van der Waals surface area contributed by atoms with Gasteiger partial charge >= 0.3 is 17.9 Å². The highest BCUT2D eigenvalue weighted by molar-refractivity contribution is 5.89. The number of alkyl carbamates (subject to hydrolysis) is 1. The van der Waals surface area contributed by atoms with Crippen LogP contribution in [-0.4, -0.2) is 56.7 Å². The maximum absolute atomic E-state index is 12.8. The minimum Gasteiger partial charge on any atom is -0.462 e. The van der Waals surface area contributed by atoms with Gasteiger partial charge < -0.3 is 30.2 Å². The van der Waals surface area contributed by atoms with Crippen molar-refractivity contribution in [2.75, 3.05) is 6.54 Å². The number of aryl methyl sites for hydroxylation is 1. The number of carbonyl (C=O) groups is 3. The first-order valence-corrected chi connectivity index (χ1v) is 11.1. The van der Waals surface area contributed by atoms with Crippen LogP contribution in [0.5, 0.6) is 0 Å². The Morgan fingerprint density at radius 1 is 1.27 bits per heavy atom. The maximum atomic E-state index is 12.8. The van der Waals surface area contributed by atoms with Gasteiger partial charge in [0, 0.05) is 6.92 Å². The minimum atomic E-state index is -1.21. The highest BCUT2D eigenvalue weighted by atomic mass is 16.6. The molecule has 12 heteroatoms. The Kier molecular flexibility index (Phi) is 9.18. The smallest absolute Gasteiger partial charge is 0.408 e. The summed E-state index contributed by atoms with van der Waals surface area (Å²) < 4.78 is 12.0. The van der Waals surface area contributed by atoms with E-state index in [0.29, 0.717) is 5.82 Å². The Balaban J connectivity index is 1.99. The fourth-order valence-corrected chi connectivity index (χ4v) is 3.54. The molecule has 1 aliphatic rings. The Morgan fingerprint density at radius 3 is 2.55 bits per heavy atom. The van der Waals surface area contributed by atoms with Crippen molar-refractivity contribution >= 4 is 23.8 Å². The van der Waals surface area contributed by atoms with Gasteiger partial charge in [-0.1, -0.05) is 6.42 Å². The Morgan fingerprint density at radius 2 is 1.94 bits per heavy atom. The summed E-state index contributed by atoms with van der Waals surface area (Å²) in [5.74, 6) is -0.974. The molecule has 1 aromatic rings. The molecule has 0 unspecified atom stereocenters. The fourth-order valence-electron chi connectivity index (χ4n) is 3.54. The van der Waals surface area contributed by atoms with E-state index in [-0.39, 0.29) is 31.4 Å². The molecule has 0 saturated heterocycles. The van der Waals surface area contributed by atoms with Crippen LogP contribution in [0.1, 0.15) is 65.1 Å². The van der Waals surface area contributed by atoms with E-state index < -0.39 is 34.5 Å². The predicted molar refractivity (Wildman–Crippen MR) is 117 cm³/mol. The molecule has 12 nitrogen and oxygen atoms in total. The normalized spacial score (nSPS) is 15.4. The average molecular weight is 468 g/mol. The summed E-state index contributed by atoms with van der Waals surface area (Å²) in [7, 11) is 0. The van der Waals surface area contributed by atoms with Crippen molar-refractivity contribution in [2.45, 2.75) is 90.5 Å². The quantitative estimate of drug-likeness (QED) is 0.319. The largest absolute Gasteiger partial charge is 0.462 e. The van der Waals surface area contributed by atoms with Gasteiger partial charge in [-0.2, -0.15) is 0 Å². The lowest BCUT2D eigenvalue weighted by molar-refractivity contribution is -0.392. The lowest BCUT2D eigenvalue weighted by Crippen LogP contribution is -2.50. The van der Waals surface area contributed by atoms with E-state index in [1.54, 1.807) is 27.7 Å². The molecule has 33 heavy (non-hydrogen) atoms.